The number of barbiturate groups is 1. The van der Waals surface area contributed by atoms with Gasteiger partial charge in [0.15, 0.2) is 0 Å². The molecule has 1 aliphatic heterocycles. The van der Waals surface area contributed by atoms with Crippen LogP contribution >= 0.6 is 0 Å². The number of amides is 5. The van der Waals surface area contributed by atoms with Crippen LogP contribution in [0.5, 0.6) is 0 Å². The topological polar surface area (TPSA) is 101 Å². The molecule has 4 aromatic rings. The van der Waals surface area contributed by atoms with Crippen LogP contribution in [0.25, 0.3) is 17.0 Å². The number of urea groups is 1. The lowest BCUT2D eigenvalue weighted by molar-refractivity contribution is -0.122. The highest BCUT2D eigenvalue weighted by atomic mass is 19.1. The number of aryl methyl sites for hydroxylation is 1. The number of carbonyl (C=O) groups excluding carboxylic acids is 4. The molecule has 0 bridgehead atoms. The molecule has 5 amide bonds. The van der Waals surface area contributed by atoms with Gasteiger partial charge in [0.2, 0.25) is 5.91 Å². The Labute approximate surface area is 211 Å². The van der Waals surface area contributed by atoms with Crippen LogP contribution in [0.1, 0.15) is 11.1 Å². The predicted molar refractivity (Wildman–Crippen MR) is 137 cm³/mol. The Balaban J connectivity index is 1.48. The Kier molecular flexibility index (Phi) is 6.10. The van der Waals surface area contributed by atoms with Gasteiger partial charge in [0.05, 0.1) is 5.69 Å². The van der Waals surface area contributed by atoms with Gasteiger partial charge in [0.25, 0.3) is 11.8 Å². The third-order valence-corrected chi connectivity index (χ3v) is 5.92. The van der Waals surface area contributed by atoms with Crippen molar-refractivity contribution in [3.8, 4) is 0 Å². The zero-order valence-electron chi connectivity index (χ0n) is 19.7. The summed E-state index contributed by atoms with van der Waals surface area (Å²) in [6, 6.07) is 18.6. The number of imide groups is 2. The zero-order chi connectivity index (χ0) is 26.1. The molecule has 1 aliphatic rings. The predicted octanol–water partition coefficient (Wildman–Crippen LogP) is 4.39. The fraction of sp³-hybridized carbons (Fsp3) is 0.0714. The molecule has 1 fully saturated rings. The highest BCUT2D eigenvalue weighted by Crippen LogP contribution is 2.27. The number of anilines is 2. The van der Waals surface area contributed by atoms with Crippen molar-refractivity contribution in [2.75, 3.05) is 10.2 Å². The Morgan fingerprint density at radius 3 is 2.51 bits per heavy atom. The van der Waals surface area contributed by atoms with Crippen molar-refractivity contribution < 1.29 is 23.6 Å². The van der Waals surface area contributed by atoms with Gasteiger partial charge >= 0.3 is 6.03 Å². The van der Waals surface area contributed by atoms with E-state index in [0.717, 1.165) is 28.1 Å². The molecule has 9 heteroatoms. The Morgan fingerprint density at radius 1 is 1.00 bits per heavy atom. The average molecular weight is 496 g/mol. The number of nitrogens with zero attached hydrogens (tertiary/aromatic N) is 2. The number of aromatic nitrogens is 1. The Hall–Kier alpha value is -5.05. The van der Waals surface area contributed by atoms with Gasteiger partial charge in [0, 0.05) is 28.4 Å². The summed E-state index contributed by atoms with van der Waals surface area (Å²) in [5, 5.41) is 5.74. The van der Waals surface area contributed by atoms with Gasteiger partial charge in [-0.05, 0) is 61.0 Å². The molecule has 0 aliphatic carbocycles. The first kappa shape index (κ1) is 23.7. The smallest absolute Gasteiger partial charge is 0.335 e. The second-order valence-electron chi connectivity index (χ2n) is 8.58. The van der Waals surface area contributed by atoms with E-state index < -0.39 is 23.7 Å². The second kappa shape index (κ2) is 9.54. The van der Waals surface area contributed by atoms with E-state index >= 15 is 0 Å². The minimum atomic E-state index is -0.922. The summed E-state index contributed by atoms with van der Waals surface area (Å²) >= 11 is 0. The van der Waals surface area contributed by atoms with Gasteiger partial charge < -0.3 is 9.88 Å². The molecule has 0 saturated carbocycles. The molecule has 0 unspecified atom stereocenters. The molecule has 1 saturated heterocycles. The molecule has 3 aromatic carbocycles. The first-order chi connectivity index (χ1) is 17.8. The first-order valence-electron chi connectivity index (χ1n) is 11.4. The van der Waals surface area contributed by atoms with E-state index in [2.05, 4.69) is 10.6 Å². The molecule has 37 heavy (non-hydrogen) atoms. The number of hydrogen-bond acceptors (Lipinski definition) is 4. The maximum atomic E-state index is 13.4. The van der Waals surface area contributed by atoms with E-state index in [0.29, 0.717) is 16.6 Å². The van der Waals surface area contributed by atoms with Gasteiger partial charge in [-0.2, -0.15) is 0 Å². The quantitative estimate of drug-likeness (QED) is 0.316. The van der Waals surface area contributed by atoms with Gasteiger partial charge in [-0.25, -0.2) is 14.1 Å². The molecule has 2 N–H and O–H groups in total. The number of carbonyl (C=O) groups is 4. The van der Waals surface area contributed by atoms with E-state index in [1.165, 1.54) is 18.2 Å². The van der Waals surface area contributed by atoms with Crippen molar-refractivity contribution in [3.63, 3.8) is 0 Å². The van der Waals surface area contributed by atoms with Crippen LogP contribution in [0.4, 0.5) is 20.6 Å². The van der Waals surface area contributed by atoms with Gasteiger partial charge in [-0.15, -0.1) is 0 Å². The van der Waals surface area contributed by atoms with Crippen LogP contribution in [0.15, 0.2) is 84.6 Å². The van der Waals surface area contributed by atoms with Crippen molar-refractivity contribution >= 4 is 52.1 Å². The van der Waals surface area contributed by atoms with Crippen LogP contribution < -0.4 is 15.5 Å². The van der Waals surface area contributed by atoms with E-state index in [9.17, 15) is 23.6 Å². The number of nitrogens with one attached hydrogen (secondary N) is 2. The lowest BCUT2D eigenvalue weighted by Crippen LogP contribution is -2.54. The summed E-state index contributed by atoms with van der Waals surface area (Å²) < 4.78 is 15.1. The van der Waals surface area contributed by atoms with Crippen molar-refractivity contribution in [3.05, 3.63) is 102 Å². The molecular formula is C28H21FN4O4. The van der Waals surface area contributed by atoms with Crippen molar-refractivity contribution in [1.82, 2.24) is 9.88 Å². The van der Waals surface area contributed by atoms with Crippen LogP contribution in [-0.2, 0) is 20.9 Å². The summed E-state index contributed by atoms with van der Waals surface area (Å²) in [6.45, 7) is 1.93. The number of halogens is 1. The maximum absolute atomic E-state index is 13.4. The van der Waals surface area contributed by atoms with E-state index in [-0.39, 0.29) is 23.7 Å². The SMILES string of the molecule is Cc1cccc(NC(=O)Cn2cc(/C=C3\C(=O)NC(=O)N(c4ccc(F)cc4)C3=O)c3ccccc32)c1. The van der Waals surface area contributed by atoms with Crippen LogP contribution in [-0.4, -0.2) is 28.3 Å². The highest BCUT2D eigenvalue weighted by molar-refractivity contribution is 6.39. The second-order valence-corrected chi connectivity index (χ2v) is 8.58. The number of fused-ring (bicyclic) bond motifs is 1. The molecular weight excluding hydrogens is 475 g/mol. The monoisotopic (exact) mass is 496 g/mol. The highest BCUT2D eigenvalue weighted by Gasteiger charge is 2.37. The molecule has 5 rings (SSSR count). The van der Waals surface area contributed by atoms with Crippen molar-refractivity contribution in [1.29, 1.82) is 0 Å². The normalized spacial score (nSPS) is 14.8. The number of para-hydroxylation sites is 1. The van der Waals surface area contributed by atoms with Crippen LogP contribution in [0, 0.1) is 12.7 Å². The van der Waals surface area contributed by atoms with Crippen molar-refractivity contribution in [2.24, 2.45) is 0 Å². The van der Waals surface area contributed by atoms with Gasteiger partial charge in [-0.3, -0.25) is 19.7 Å². The first-order valence-corrected chi connectivity index (χ1v) is 11.4. The standard InChI is InChI=1S/C28H21FN4O4/c1-17-5-4-6-20(13-17)30-25(34)16-32-15-18(22-7-2-3-8-24(22)32)14-23-26(35)31-28(37)33(27(23)36)21-11-9-19(29)10-12-21/h2-15H,16H2,1H3,(H,30,34)(H,31,35,37)/b23-14+. The molecule has 2 heterocycles. The number of rotatable bonds is 5. The summed E-state index contributed by atoms with van der Waals surface area (Å²) in [7, 11) is 0. The van der Waals surface area contributed by atoms with E-state index in [1.807, 2.05) is 43.3 Å². The van der Waals surface area contributed by atoms with Gasteiger partial charge in [0.1, 0.15) is 17.9 Å². The number of hydrogen-bond donors (Lipinski definition) is 2. The summed E-state index contributed by atoms with van der Waals surface area (Å²) in [5.41, 5.74) is 2.80. The van der Waals surface area contributed by atoms with Crippen LogP contribution in [0.2, 0.25) is 0 Å². The summed E-state index contributed by atoms with van der Waals surface area (Å²) in [6.07, 6.45) is 3.06. The van der Waals surface area contributed by atoms with Gasteiger partial charge in [-0.1, -0.05) is 30.3 Å². The largest absolute Gasteiger partial charge is 0.337 e. The molecule has 1 aromatic heterocycles. The third kappa shape index (κ3) is 4.74. The Bertz CT molecular complexity index is 1600. The maximum Gasteiger partial charge on any atom is 0.335 e. The molecule has 0 atom stereocenters. The van der Waals surface area contributed by atoms with E-state index in [4.69, 9.17) is 0 Å². The third-order valence-electron chi connectivity index (χ3n) is 5.92. The molecule has 0 radical (unpaired) electrons. The summed E-state index contributed by atoms with van der Waals surface area (Å²) in [4.78, 5) is 51.8. The minimum absolute atomic E-state index is 0.00202. The van der Waals surface area contributed by atoms with Crippen molar-refractivity contribution in [2.45, 2.75) is 13.5 Å². The number of benzene rings is 3. The zero-order valence-corrected chi connectivity index (χ0v) is 19.7. The fourth-order valence-electron chi connectivity index (χ4n) is 4.24. The lowest BCUT2D eigenvalue weighted by Gasteiger charge is -2.26. The van der Waals surface area contributed by atoms with Crippen LogP contribution in [0.3, 0.4) is 0 Å². The fourth-order valence-corrected chi connectivity index (χ4v) is 4.24. The Morgan fingerprint density at radius 2 is 1.76 bits per heavy atom. The summed E-state index contributed by atoms with van der Waals surface area (Å²) in [5.74, 6) is -2.46. The minimum Gasteiger partial charge on any atom is -0.337 e. The molecule has 0 spiro atoms. The molecule has 8 nitrogen and oxygen atoms in total. The van der Waals surface area contributed by atoms with E-state index in [1.54, 1.807) is 22.9 Å². The molecule has 184 valence electrons. The lowest BCUT2D eigenvalue weighted by atomic mass is 10.1. The average Bonchev–Trinajstić information content (AvgIpc) is 3.20.